The number of rotatable bonds is 4. The van der Waals surface area contributed by atoms with Crippen molar-refractivity contribution in [3.8, 4) is 6.07 Å². The molecule has 5 heteroatoms. The fraction of sp³-hybridized carbons (Fsp3) is 0.455. The second kappa shape index (κ2) is 6.63. The molecule has 2 nitrogen and oxygen atoms in total. The summed E-state index contributed by atoms with van der Waals surface area (Å²) in [6, 6.07) is 4.17. The van der Waals surface area contributed by atoms with Crippen LogP contribution < -0.4 is 0 Å². The van der Waals surface area contributed by atoms with Crippen LogP contribution >= 0.6 is 43.6 Å². The molecule has 0 amide bonds. The highest BCUT2D eigenvalue weighted by Gasteiger charge is 2.11. The van der Waals surface area contributed by atoms with Gasteiger partial charge in [-0.15, -0.1) is 11.8 Å². The van der Waals surface area contributed by atoms with Crippen molar-refractivity contribution in [2.45, 2.75) is 23.7 Å². The topological polar surface area (TPSA) is 36.7 Å². The highest BCUT2D eigenvalue weighted by molar-refractivity contribution is 9.12. The van der Waals surface area contributed by atoms with Crippen molar-refractivity contribution in [3.05, 3.63) is 22.9 Å². The lowest BCUT2D eigenvalue weighted by atomic mass is 10.1. The van der Waals surface area contributed by atoms with Crippen LogP contribution in [0.15, 0.2) is 11.1 Å². The highest BCUT2D eigenvalue weighted by Crippen LogP contribution is 2.25. The normalized spacial score (nSPS) is 12.2. The lowest BCUT2D eigenvalue weighted by Gasteiger charge is -2.09. The summed E-state index contributed by atoms with van der Waals surface area (Å²) in [5.41, 5.74) is 2.66. The summed E-state index contributed by atoms with van der Waals surface area (Å²) in [6.07, 6.45) is 0. The first-order chi connectivity index (χ1) is 7.58. The first kappa shape index (κ1) is 14.0. The summed E-state index contributed by atoms with van der Waals surface area (Å²) >= 11 is 8.57. The van der Waals surface area contributed by atoms with E-state index < -0.39 is 0 Å². The quantitative estimate of drug-likeness (QED) is 0.602. The number of thioether (sulfide) groups is 1. The summed E-state index contributed by atoms with van der Waals surface area (Å²) in [7, 11) is 0. The van der Waals surface area contributed by atoms with Crippen molar-refractivity contribution >= 4 is 43.6 Å². The summed E-state index contributed by atoms with van der Waals surface area (Å²) < 4.78 is 0. The molecule has 86 valence electrons. The van der Waals surface area contributed by atoms with Crippen LogP contribution in [0.4, 0.5) is 0 Å². The van der Waals surface area contributed by atoms with Gasteiger partial charge in [-0.05, 0) is 25.5 Å². The molecule has 1 rings (SSSR count). The van der Waals surface area contributed by atoms with Crippen LogP contribution in [0, 0.1) is 25.2 Å². The molecule has 16 heavy (non-hydrogen) atoms. The molecule has 0 aliphatic rings. The van der Waals surface area contributed by atoms with E-state index in [-0.39, 0.29) is 0 Å². The molecule has 0 saturated heterocycles. The van der Waals surface area contributed by atoms with E-state index in [1.807, 2.05) is 19.9 Å². The molecule has 1 heterocycles. The Labute approximate surface area is 117 Å². The van der Waals surface area contributed by atoms with Crippen LogP contribution in [0.5, 0.6) is 0 Å². The molecule has 1 unspecified atom stereocenters. The van der Waals surface area contributed by atoms with E-state index >= 15 is 0 Å². The van der Waals surface area contributed by atoms with Gasteiger partial charge in [0.25, 0.3) is 0 Å². The molecule has 0 bridgehead atoms. The van der Waals surface area contributed by atoms with Crippen LogP contribution in [0.2, 0.25) is 0 Å². The molecule has 0 fully saturated rings. The van der Waals surface area contributed by atoms with Crippen molar-refractivity contribution in [1.29, 1.82) is 5.26 Å². The van der Waals surface area contributed by atoms with Crippen LogP contribution in [0.1, 0.15) is 16.8 Å². The van der Waals surface area contributed by atoms with Gasteiger partial charge in [-0.2, -0.15) is 5.26 Å². The van der Waals surface area contributed by atoms with Gasteiger partial charge in [0, 0.05) is 21.6 Å². The molecule has 1 atom stereocenters. The molecule has 0 spiro atoms. The van der Waals surface area contributed by atoms with Crippen molar-refractivity contribution in [2.24, 2.45) is 0 Å². The molecule has 0 aliphatic carbocycles. The number of halogens is 2. The van der Waals surface area contributed by atoms with E-state index in [0.717, 1.165) is 27.4 Å². The fourth-order valence-electron chi connectivity index (χ4n) is 1.26. The predicted molar refractivity (Wildman–Crippen MR) is 75.7 cm³/mol. The van der Waals surface area contributed by atoms with Gasteiger partial charge < -0.3 is 0 Å². The number of nitriles is 1. The SMILES string of the molecule is Cc1cc(C)c(C#N)c(SCC(Br)CBr)n1. The number of pyridine rings is 1. The molecule has 1 aromatic rings. The van der Waals surface area contributed by atoms with Gasteiger partial charge in [-0.25, -0.2) is 4.98 Å². The van der Waals surface area contributed by atoms with Gasteiger partial charge >= 0.3 is 0 Å². The predicted octanol–water partition coefficient (Wildman–Crippen LogP) is 3.82. The number of aromatic nitrogens is 1. The number of hydrogen-bond acceptors (Lipinski definition) is 3. The molecular formula is C11H12Br2N2S. The minimum atomic E-state index is 0.395. The third-order valence-corrected chi connectivity index (χ3v) is 5.86. The Kier molecular flexibility index (Phi) is 5.81. The van der Waals surface area contributed by atoms with Gasteiger partial charge in [0.2, 0.25) is 0 Å². The van der Waals surface area contributed by atoms with Crippen molar-refractivity contribution in [1.82, 2.24) is 4.98 Å². The minimum Gasteiger partial charge on any atom is -0.245 e. The fourth-order valence-corrected chi connectivity index (χ4v) is 3.20. The zero-order chi connectivity index (χ0) is 12.1. The smallest absolute Gasteiger partial charge is 0.114 e. The largest absolute Gasteiger partial charge is 0.245 e. The van der Waals surface area contributed by atoms with Crippen LogP contribution in [0.3, 0.4) is 0 Å². The Morgan fingerprint density at radius 3 is 2.81 bits per heavy atom. The summed E-state index contributed by atoms with van der Waals surface area (Å²) in [5.74, 6) is 0.899. The van der Waals surface area contributed by atoms with Gasteiger partial charge in [0.15, 0.2) is 0 Å². The Morgan fingerprint density at radius 2 is 2.25 bits per heavy atom. The second-order valence-corrected chi connectivity index (χ2v) is 6.39. The molecule has 1 aromatic heterocycles. The van der Waals surface area contributed by atoms with E-state index in [9.17, 15) is 0 Å². The number of hydrogen-bond donors (Lipinski definition) is 0. The van der Waals surface area contributed by atoms with Gasteiger partial charge in [-0.3, -0.25) is 0 Å². The van der Waals surface area contributed by atoms with Crippen molar-refractivity contribution in [3.63, 3.8) is 0 Å². The zero-order valence-corrected chi connectivity index (χ0v) is 13.1. The van der Waals surface area contributed by atoms with Crippen molar-refractivity contribution < 1.29 is 0 Å². The Morgan fingerprint density at radius 1 is 1.56 bits per heavy atom. The Hall–Kier alpha value is -0.0500. The van der Waals surface area contributed by atoms with E-state index in [1.165, 1.54) is 0 Å². The zero-order valence-electron chi connectivity index (χ0n) is 9.13. The maximum Gasteiger partial charge on any atom is 0.114 e. The molecule has 0 aromatic carbocycles. The monoisotopic (exact) mass is 362 g/mol. The maximum atomic E-state index is 9.09. The third-order valence-electron chi connectivity index (χ3n) is 1.99. The Bertz CT molecular complexity index is 415. The van der Waals surface area contributed by atoms with Gasteiger partial charge in [0.1, 0.15) is 11.1 Å². The van der Waals surface area contributed by atoms with Gasteiger partial charge in [-0.1, -0.05) is 31.9 Å². The average Bonchev–Trinajstić information content (AvgIpc) is 2.25. The average molecular weight is 364 g/mol. The molecule has 0 saturated carbocycles. The minimum absolute atomic E-state index is 0.395. The molecular weight excluding hydrogens is 352 g/mol. The first-order valence-electron chi connectivity index (χ1n) is 4.79. The molecule has 0 radical (unpaired) electrons. The van der Waals surface area contributed by atoms with Crippen molar-refractivity contribution in [2.75, 3.05) is 11.1 Å². The standard InChI is InChI=1S/C11H12Br2N2S/c1-7-3-8(2)15-11(10(7)5-14)16-6-9(13)4-12/h3,9H,4,6H2,1-2H3. The highest BCUT2D eigenvalue weighted by atomic mass is 79.9. The summed E-state index contributed by atoms with van der Waals surface area (Å²) in [6.45, 7) is 3.90. The summed E-state index contributed by atoms with van der Waals surface area (Å²) in [5, 5.41) is 10.8. The van der Waals surface area contributed by atoms with E-state index in [1.54, 1.807) is 11.8 Å². The number of alkyl halides is 2. The van der Waals surface area contributed by atoms with E-state index in [0.29, 0.717) is 10.4 Å². The van der Waals surface area contributed by atoms with Crippen LogP contribution in [-0.2, 0) is 0 Å². The Balaban J connectivity index is 2.91. The van der Waals surface area contributed by atoms with Crippen LogP contribution in [-0.4, -0.2) is 20.9 Å². The number of nitrogens with zero attached hydrogens (tertiary/aromatic N) is 2. The molecule has 0 N–H and O–H groups in total. The van der Waals surface area contributed by atoms with E-state index in [4.69, 9.17) is 5.26 Å². The van der Waals surface area contributed by atoms with Gasteiger partial charge in [0.05, 0.1) is 5.56 Å². The lowest BCUT2D eigenvalue weighted by Crippen LogP contribution is -2.04. The maximum absolute atomic E-state index is 9.09. The second-order valence-electron chi connectivity index (χ2n) is 3.44. The van der Waals surface area contributed by atoms with E-state index in [2.05, 4.69) is 42.9 Å². The third kappa shape index (κ3) is 3.76. The summed E-state index contributed by atoms with van der Waals surface area (Å²) in [4.78, 5) is 4.81. The lowest BCUT2D eigenvalue weighted by molar-refractivity contribution is 1.02. The molecule has 0 aliphatic heterocycles. The van der Waals surface area contributed by atoms with Crippen LogP contribution in [0.25, 0.3) is 0 Å². The number of aryl methyl sites for hydroxylation is 2. The first-order valence-corrected chi connectivity index (χ1v) is 7.82.